The summed E-state index contributed by atoms with van der Waals surface area (Å²) in [6, 6.07) is 4.13. The van der Waals surface area contributed by atoms with Gasteiger partial charge in [-0.1, -0.05) is 32.5 Å². The molecule has 0 bridgehead atoms. The molecule has 1 aliphatic rings. The molecule has 1 fully saturated rings. The van der Waals surface area contributed by atoms with Gasteiger partial charge in [0, 0.05) is 50.1 Å². The number of hydrogen-bond acceptors (Lipinski definition) is 7. The van der Waals surface area contributed by atoms with Gasteiger partial charge in [0.1, 0.15) is 17.5 Å². The molecule has 0 radical (unpaired) electrons. The van der Waals surface area contributed by atoms with Gasteiger partial charge in [-0.3, -0.25) is 0 Å². The number of piperazine rings is 1. The molecular formula is C18H26N6S. The molecule has 0 atom stereocenters. The molecule has 1 saturated heterocycles. The highest BCUT2D eigenvalue weighted by molar-refractivity contribution is 7.98. The fourth-order valence-corrected chi connectivity index (χ4v) is 3.27. The first-order valence-electron chi connectivity index (χ1n) is 8.85. The second-order valence-corrected chi connectivity index (χ2v) is 7.23. The topological polar surface area (TPSA) is 58.0 Å². The van der Waals surface area contributed by atoms with E-state index in [2.05, 4.69) is 46.6 Å². The van der Waals surface area contributed by atoms with E-state index in [-0.39, 0.29) is 0 Å². The third kappa shape index (κ3) is 4.21. The predicted octanol–water partition coefficient (Wildman–Crippen LogP) is 3.00. The van der Waals surface area contributed by atoms with Crippen molar-refractivity contribution in [2.24, 2.45) is 0 Å². The minimum absolute atomic E-state index is 0.347. The van der Waals surface area contributed by atoms with Crippen LogP contribution in [-0.2, 0) is 6.42 Å². The summed E-state index contributed by atoms with van der Waals surface area (Å²) in [7, 11) is 0. The van der Waals surface area contributed by atoms with Crippen LogP contribution < -0.4 is 9.80 Å². The van der Waals surface area contributed by atoms with Crippen molar-refractivity contribution in [1.82, 2.24) is 19.9 Å². The second-order valence-electron chi connectivity index (χ2n) is 6.46. The van der Waals surface area contributed by atoms with Crippen molar-refractivity contribution in [3.05, 3.63) is 29.8 Å². The Morgan fingerprint density at radius 3 is 2.32 bits per heavy atom. The fraction of sp³-hybridized carbons (Fsp3) is 0.556. The normalized spacial score (nSPS) is 15.1. The van der Waals surface area contributed by atoms with Crippen LogP contribution in [-0.4, -0.2) is 52.4 Å². The van der Waals surface area contributed by atoms with Gasteiger partial charge in [-0.2, -0.15) is 0 Å². The van der Waals surface area contributed by atoms with Crippen LogP contribution >= 0.6 is 11.8 Å². The molecule has 2 aromatic rings. The Hall–Kier alpha value is -1.89. The third-order valence-electron chi connectivity index (χ3n) is 4.39. The lowest BCUT2D eigenvalue weighted by molar-refractivity contribution is 0.632. The highest BCUT2D eigenvalue weighted by atomic mass is 32.2. The minimum Gasteiger partial charge on any atom is -0.353 e. The molecular weight excluding hydrogens is 332 g/mol. The van der Waals surface area contributed by atoms with Crippen molar-refractivity contribution in [3.8, 4) is 0 Å². The van der Waals surface area contributed by atoms with E-state index in [1.807, 2.05) is 18.5 Å². The molecule has 0 aliphatic carbocycles. The molecule has 0 N–H and O–H groups in total. The summed E-state index contributed by atoms with van der Waals surface area (Å²) < 4.78 is 0. The van der Waals surface area contributed by atoms with Crippen LogP contribution in [0.1, 0.15) is 38.2 Å². The van der Waals surface area contributed by atoms with Crippen molar-refractivity contribution < 1.29 is 0 Å². The lowest BCUT2D eigenvalue weighted by atomic mass is 10.2. The minimum atomic E-state index is 0.347. The molecule has 0 saturated carbocycles. The molecule has 6 nitrogen and oxygen atoms in total. The highest BCUT2D eigenvalue weighted by Crippen LogP contribution is 2.22. The Balaban J connectivity index is 1.71. The predicted molar refractivity (Wildman–Crippen MR) is 104 cm³/mol. The summed E-state index contributed by atoms with van der Waals surface area (Å²) in [5.41, 5.74) is 1.11. The van der Waals surface area contributed by atoms with E-state index < -0.39 is 0 Å². The van der Waals surface area contributed by atoms with E-state index in [0.29, 0.717) is 5.92 Å². The van der Waals surface area contributed by atoms with Crippen LogP contribution in [0.2, 0.25) is 0 Å². The molecule has 2 aromatic heterocycles. The van der Waals surface area contributed by atoms with Crippen molar-refractivity contribution in [3.63, 3.8) is 0 Å². The van der Waals surface area contributed by atoms with Crippen LogP contribution in [0.15, 0.2) is 23.5 Å². The number of thioether (sulfide) groups is 1. The van der Waals surface area contributed by atoms with Crippen LogP contribution in [0, 0.1) is 0 Å². The number of anilines is 2. The molecule has 0 spiro atoms. The Bertz CT molecular complexity index is 690. The molecule has 0 unspecified atom stereocenters. The summed E-state index contributed by atoms with van der Waals surface area (Å²) >= 11 is 1.60. The zero-order valence-electron chi connectivity index (χ0n) is 15.4. The fourth-order valence-electron chi connectivity index (χ4n) is 2.88. The first-order chi connectivity index (χ1) is 12.1. The first-order valence-corrected chi connectivity index (χ1v) is 10.1. The summed E-state index contributed by atoms with van der Waals surface area (Å²) in [5.74, 6) is 3.33. The van der Waals surface area contributed by atoms with Crippen molar-refractivity contribution in [2.75, 3.05) is 42.2 Å². The SMILES string of the molecule is CCc1cc(N2CCN(c3ccnc(C(C)C)n3)CC2)nc(SC)n1. The summed E-state index contributed by atoms with van der Waals surface area (Å²) in [5, 5.41) is 0.856. The lowest BCUT2D eigenvalue weighted by Gasteiger charge is -2.36. The largest absolute Gasteiger partial charge is 0.353 e. The maximum absolute atomic E-state index is 4.72. The van der Waals surface area contributed by atoms with Gasteiger partial charge in [-0.15, -0.1) is 0 Å². The molecule has 3 rings (SSSR count). The maximum Gasteiger partial charge on any atom is 0.189 e. The van der Waals surface area contributed by atoms with Gasteiger partial charge in [0.05, 0.1) is 0 Å². The molecule has 25 heavy (non-hydrogen) atoms. The number of nitrogens with zero attached hydrogens (tertiary/aromatic N) is 6. The maximum atomic E-state index is 4.72. The average Bonchev–Trinajstić information content (AvgIpc) is 2.67. The Morgan fingerprint density at radius 1 is 1.04 bits per heavy atom. The second kappa shape index (κ2) is 7.99. The molecule has 0 aromatic carbocycles. The van der Waals surface area contributed by atoms with E-state index >= 15 is 0 Å². The van der Waals surface area contributed by atoms with Gasteiger partial charge in [0.25, 0.3) is 0 Å². The Morgan fingerprint density at radius 2 is 1.72 bits per heavy atom. The van der Waals surface area contributed by atoms with E-state index in [9.17, 15) is 0 Å². The van der Waals surface area contributed by atoms with Gasteiger partial charge in [-0.05, 0) is 18.7 Å². The monoisotopic (exact) mass is 358 g/mol. The standard InChI is InChI=1S/C18H26N6S/c1-5-14-12-16(22-18(20-14)25-4)24-10-8-23(9-11-24)15-6-7-19-17(21-15)13(2)3/h6-7,12-13H,5,8-11H2,1-4H3. The number of aryl methyl sites for hydroxylation is 1. The quantitative estimate of drug-likeness (QED) is 0.601. The summed E-state index contributed by atoms with van der Waals surface area (Å²) in [6.45, 7) is 10.1. The highest BCUT2D eigenvalue weighted by Gasteiger charge is 2.20. The lowest BCUT2D eigenvalue weighted by Crippen LogP contribution is -2.47. The number of aromatic nitrogens is 4. The third-order valence-corrected chi connectivity index (χ3v) is 4.94. The first kappa shape index (κ1) is 17.9. The molecule has 0 amide bonds. The smallest absolute Gasteiger partial charge is 0.189 e. The van der Waals surface area contributed by atoms with Crippen LogP contribution in [0.4, 0.5) is 11.6 Å². The van der Waals surface area contributed by atoms with Crippen LogP contribution in [0.3, 0.4) is 0 Å². The number of rotatable bonds is 5. The van der Waals surface area contributed by atoms with E-state index in [1.54, 1.807) is 11.8 Å². The van der Waals surface area contributed by atoms with Gasteiger partial charge < -0.3 is 9.80 Å². The van der Waals surface area contributed by atoms with Crippen LogP contribution in [0.25, 0.3) is 0 Å². The van der Waals surface area contributed by atoms with E-state index in [0.717, 1.165) is 60.9 Å². The molecule has 7 heteroatoms. The molecule has 134 valence electrons. The van der Waals surface area contributed by atoms with Gasteiger partial charge in [0.2, 0.25) is 0 Å². The molecule has 3 heterocycles. The number of hydrogen-bond donors (Lipinski definition) is 0. The summed E-state index contributed by atoms with van der Waals surface area (Å²) in [6.07, 6.45) is 4.83. The van der Waals surface area contributed by atoms with Gasteiger partial charge in [0.15, 0.2) is 5.16 Å². The molecule has 1 aliphatic heterocycles. The average molecular weight is 359 g/mol. The zero-order chi connectivity index (χ0) is 17.8. The Labute approximate surface area is 154 Å². The summed E-state index contributed by atoms with van der Waals surface area (Å²) in [4.78, 5) is 23.0. The van der Waals surface area contributed by atoms with Crippen molar-refractivity contribution in [1.29, 1.82) is 0 Å². The van der Waals surface area contributed by atoms with Gasteiger partial charge in [-0.25, -0.2) is 19.9 Å². The Kier molecular flexibility index (Phi) is 5.73. The van der Waals surface area contributed by atoms with Crippen molar-refractivity contribution in [2.45, 2.75) is 38.3 Å². The van der Waals surface area contributed by atoms with Gasteiger partial charge >= 0.3 is 0 Å². The van der Waals surface area contributed by atoms with E-state index in [1.165, 1.54) is 0 Å². The van der Waals surface area contributed by atoms with E-state index in [4.69, 9.17) is 9.97 Å². The zero-order valence-corrected chi connectivity index (χ0v) is 16.3. The van der Waals surface area contributed by atoms with Crippen molar-refractivity contribution >= 4 is 23.4 Å². The van der Waals surface area contributed by atoms with Crippen LogP contribution in [0.5, 0.6) is 0 Å².